The highest BCUT2D eigenvalue weighted by Gasteiger charge is 2.38. The van der Waals surface area contributed by atoms with Gasteiger partial charge in [0.05, 0.1) is 25.6 Å². The molecular formula is C24H40O8SSi. The smallest absolute Gasteiger partial charge is 0.304 e. The lowest BCUT2D eigenvalue weighted by molar-refractivity contribution is -0.173. The van der Waals surface area contributed by atoms with E-state index < -0.39 is 36.5 Å². The van der Waals surface area contributed by atoms with E-state index in [9.17, 15) is 13.2 Å². The van der Waals surface area contributed by atoms with Crippen LogP contribution in [0.1, 0.15) is 65.5 Å². The Bertz CT molecular complexity index is 952. The van der Waals surface area contributed by atoms with Gasteiger partial charge in [-0.05, 0) is 48.7 Å². The van der Waals surface area contributed by atoms with Crippen LogP contribution >= 0.6 is 0 Å². The third kappa shape index (κ3) is 7.19. The average Bonchev–Trinajstić information content (AvgIpc) is 3.18. The first-order valence-electron chi connectivity index (χ1n) is 11.8. The Kier molecular flexibility index (Phi) is 9.60. The Labute approximate surface area is 205 Å². The van der Waals surface area contributed by atoms with Gasteiger partial charge in [0.15, 0.2) is 29.7 Å². The fourth-order valence-electron chi connectivity index (χ4n) is 3.37. The van der Waals surface area contributed by atoms with Crippen molar-refractivity contribution in [3.05, 3.63) is 17.7 Å². The van der Waals surface area contributed by atoms with Crippen LogP contribution < -0.4 is 9.47 Å². The standard InChI is InChI=1S/C24H40O8SSi/c1-9-12-29-23-20(28-6)15-18(19-10-11-22(32-19)31-17(2)25)16-21(23)33(26,27)14-13-30-34(7,8)24(3,4)5/h15-16,19,22H,9-14H2,1-8H3/t19-,22+/m0/s1. The first-order chi connectivity index (χ1) is 15.7. The minimum absolute atomic E-state index is 0.0202. The second-order valence-corrected chi connectivity index (χ2v) is 17.0. The van der Waals surface area contributed by atoms with Gasteiger partial charge < -0.3 is 23.4 Å². The monoisotopic (exact) mass is 516 g/mol. The molecule has 1 aromatic rings. The molecule has 1 aliphatic rings. The summed E-state index contributed by atoms with van der Waals surface area (Å²) in [6, 6.07) is 3.33. The van der Waals surface area contributed by atoms with Gasteiger partial charge in [0.25, 0.3) is 0 Å². The lowest BCUT2D eigenvalue weighted by atomic mass is 10.1. The SMILES string of the molecule is CCCOc1c(OC)cc([C@@H]2CC[C@H](OC(C)=O)O2)cc1S(=O)(=O)CCO[Si](C)(C)C(C)(C)C. The molecule has 0 N–H and O–H groups in total. The molecule has 0 bridgehead atoms. The Morgan fingerprint density at radius 2 is 1.85 bits per heavy atom. The molecule has 1 saturated heterocycles. The van der Waals surface area contributed by atoms with E-state index in [1.807, 2.05) is 6.92 Å². The molecule has 0 aromatic heterocycles. The number of carbonyl (C=O) groups is 1. The molecule has 10 heteroatoms. The van der Waals surface area contributed by atoms with E-state index in [0.717, 1.165) is 0 Å². The maximum Gasteiger partial charge on any atom is 0.304 e. The van der Waals surface area contributed by atoms with E-state index in [2.05, 4.69) is 33.9 Å². The highest BCUT2D eigenvalue weighted by Crippen LogP contribution is 2.42. The zero-order valence-electron chi connectivity index (χ0n) is 21.7. The van der Waals surface area contributed by atoms with Gasteiger partial charge in [0.1, 0.15) is 4.90 Å². The minimum atomic E-state index is -3.76. The number of rotatable bonds is 11. The number of benzene rings is 1. The predicted molar refractivity (Wildman–Crippen MR) is 133 cm³/mol. The summed E-state index contributed by atoms with van der Waals surface area (Å²) < 4.78 is 55.5. The van der Waals surface area contributed by atoms with Crippen LogP contribution in [0.2, 0.25) is 18.1 Å². The minimum Gasteiger partial charge on any atom is -0.493 e. The Balaban J connectivity index is 2.37. The number of ether oxygens (including phenoxy) is 4. The summed E-state index contributed by atoms with van der Waals surface area (Å²) >= 11 is 0. The Morgan fingerprint density at radius 1 is 1.18 bits per heavy atom. The molecular weight excluding hydrogens is 476 g/mol. The summed E-state index contributed by atoms with van der Waals surface area (Å²) in [4.78, 5) is 11.3. The summed E-state index contributed by atoms with van der Waals surface area (Å²) in [7, 11) is -4.37. The molecule has 0 spiro atoms. The molecule has 2 atom stereocenters. The van der Waals surface area contributed by atoms with Gasteiger partial charge in [0, 0.05) is 20.0 Å². The van der Waals surface area contributed by atoms with Crippen LogP contribution in [0.5, 0.6) is 11.5 Å². The number of esters is 1. The van der Waals surface area contributed by atoms with E-state index in [1.54, 1.807) is 12.1 Å². The van der Waals surface area contributed by atoms with Crippen molar-refractivity contribution in [1.29, 1.82) is 0 Å². The molecule has 1 aromatic carbocycles. The second kappa shape index (κ2) is 11.4. The van der Waals surface area contributed by atoms with Gasteiger partial charge >= 0.3 is 5.97 Å². The van der Waals surface area contributed by atoms with Crippen LogP contribution in [0.25, 0.3) is 0 Å². The Morgan fingerprint density at radius 3 is 2.41 bits per heavy atom. The van der Waals surface area contributed by atoms with Crippen molar-refractivity contribution >= 4 is 24.1 Å². The zero-order chi connectivity index (χ0) is 25.7. The molecule has 8 nitrogen and oxygen atoms in total. The van der Waals surface area contributed by atoms with E-state index in [-0.39, 0.29) is 28.0 Å². The van der Waals surface area contributed by atoms with Crippen LogP contribution in [0.15, 0.2) is 17.0 Å². The molecule has 1 heterocycles. The predicted octanol–water partition coefficient (Wildman–Crippen LogP) is 5.02. The normalized spacial score (nSPS) is 19.2. The van der Waals surface area contributed by atoms with Crippen LogP contribution in [0.4, 0.5) is 0 Å². The summed E-state index contributed by atoms with van der Waals surface area (Å²) in [6.07, 6.45) is 0.764. The fraction of sp³-hybridized carbons (Fsp3) is 0.708. The molecule has 1 fully saturated rings. The van der Waals surface area contributed by atoms with Crippen LogP contribution in [0.3, 0.4) is 0 Å². The molecule has 0 aliphatic carbocycles. The molecule has 1 aliphatic heterocycles. The molecule has 0 unspecified atom stereocenters. The zero-order valence-corrected chi connectivity index (χ0v) is 23.5. The van der Waals surface area contributed by atoms with Crippen molar-refractivity contribution in [1.82, 2.24) is 0 Å². The average molecular weight is 517 g/mol. The van der Waals surface area contributed by atoms with Gasteiger partial charge in [-0.25, -0.2) is 8.42 Å². The number of carbonyl (C=O) groups excluding carboxylic acids is 1. The van der Waals surface area contributed by atoms with E-state index in [1.165, 1.54) is 14.0 Å². The van der Waals surface area contributed by atoms with Gasteiger partial charge in [-0.1, -0.05) is 27.7 Å². The summed E-state index contributed by atoms with van der Waals surface area (Å²) in [5.74, 6) is -0.0585. The van der Waals surface area contributed by atoms with E-state index in [4.69, 9.17) is 23.4 Å². The summed E-state index contributed by atoms with van der Waals surface area (Å²) in [6.45, 7) is 14.3. The number of hydrogen-bond acceptors (Lipinski definition) is 8. The highest BCUT2D eigenvalue weighted by molar-refractivity contribution is 7.91. The maximum atomic E-state index is 13.5. The molecule has 0 saturated carbocycles. The van der Waals surface area contributed by atoms with Crippen molar-refractivity contribution < 1.29 is 36.6 Å². The largest absolute Gasteiger partial charge is 0.493 e. The first kappa shape index (κ1) is 28.6. The van der Waals surface area contributed by atoms with Gasteiger partial charge in [-0.15, -0.1) is 0 Å². The van der Waals surface area contributed by atoms with E-state index >= 15 is 0 Å². The topological polar surface area (TPSA) is 97.4 Å². The number of methoxy groups -OCH3 is 1. The quantitative estimate of drug-likeness (QED) is 0.299. The van der Waals surface area contributed by atoms with Crippen molar-refractivity contribution in [2.75, 3.05) is 26.1 Å². The van der Waals surface area contributed by atoms with Crippen molar-refractivity contribution in [2.24, 2.45) is 0 Å². The van der Waals surface area contributed by atoms with E-state index in [0.29, 0.717) is 37.2 Å². The number of hydrogen-bond donors (Lipinski definition) is 0. The lowest BCUT2D eigenvalue weighted by Crippen LogP contribution is -2.41. The Hall–Kier alpha value is -1.62. The third-order valence-electron chi connectivity index (χ3n) is 6.32. The van der Waals surface area contributed by atoms with Crippen LogP contribution in [-0.2, 0) is 28.5 Å². The third-order valence-corrected chi connectivity index (χ3v) is 12.5. The van der Waals surface area contributed by atoms with Crippen LogP contribution in [0, 0.1) is 0 Å². The molecule has 2 rings (SSSR count). The van der Waals surface area contributed by atoms with Gasteiger partial charge in [0.2, 0.25) is 6.29 Å². The second-order valence-electron chi connectivity index (χ2n) is 10.1. The number of sulfone groups is 1. The summed E-state index contributed by atoms with van der Waals surface area (Å²) in [5, 5.41) is -0.0202. The fourth-order valence-corrected chi connectivity index (χ4v) is 5.84. The highest BCUT2D eigenvalue weighted by atomic mass is 32.2. The van der Waals surface area contributed by atoms with Crippen LogP contribution in [-0.4, -0.2) is 55.1 Å². The van der Waals surface area contributed by atoms with Crippen molar-refractivity contribution in [3.63, 3.8) is 0 Å². The lowest BCUT2D eigenvalue weighted by Gasteiger charge is -2.36. The molecule has 34 heavy (non-hydrogen) atoms. The van der Waals surface area contributed by atoms with Crippen molar-refractivity contribution in [2.45, 2.75) is 89.3 Å². The molecule has 0 radical (unpaired) electrons. The van der Waals surface area contributed by atoms with Gasteiger partial charge in [-0.3, -0.25) is 4.79 Å². The maximum absolute atomic E-state index is 13.5. The molecule has 0 amide bonds. The van der Waals surface area contributed by atoms with Crippen molar-refractivity contribution in [3.8, 4) is 11.5 Å². The molecule has 194 valence electrons. The van der Waals surface area contributed by atoms with Gasteiger partial charge in [-0.2, -0.15) is 0 Å². The summed E-state index contributed by atoms with van der Waals surface area (Å²) in [5.41, 5.74) is 0.638. The first-order valence-corrected chi connectivity index (χ1v) is 16.3.